The average Bonchev–Trinajstić information content (AvgIpc) is 2.16. The van der Waals surface area contributed by atoms with E-state index < -0.39 is 0 Å². The molecular weight excluding hydrogens is 200 g/mol. The van der Waals surface area contributed by atoms with E-state index in [1.54, 1.807) is 0 Å². The Kier molecular flexibility index (Phi) is 4.51. The van der Waals surface area contributed by atoms with Crippen molar-refractivity contribution < 1.29 is 4.79 Å². The predicted molar refractivity (Wildman–Crippen MR) is 67.6 cm³/mol. The van der Waals surface area contributed by atoms with Crippen LogP contribution in [-0.4, -0.2) is 54.3 Å². The normalized spacial score (nSPS) is 24.7. The van der Waals surface area contributed by atoms with E-state index in [1.807, 2.05) is 20.8 Å². The summed E-state index contributed by atoms with van der Waals surface area (Å²) in [5.41, 5.74) is -0.203. The summed E-state index contributed by atoms with van der Waals surface area (Å²) in [6.45, 7) is 15.3. The lowest BCUT2D eigenvalue weighted by Gasteiger charge is -2.39. The molecule has 0 aromatic heterocycles. The van der Waals surface area contributed by atoms with Gasteiger partial charge in [-0.3, -0.25) is 14.6 Å². The summed E-state index contributed by atoms with van der Waals surface area (Å²) >= 11 is 0. The Morgan fingerprint density at radius 2 is 1.94 bits per heavy atom. The molecule has 0 saturated carbocycles. The van der Waals surface area contributed by atoms with Crippen molar-refractivity contribution in [1.29, 1.82) is 0 Å². The van der Waals surface area contributed by atoms with Gasteiger partial charge in [-0.25, -0.2) is 0 Å². The van der Waals surface area contributed by atoms with Gasteiger partial charge < -0.3 is 0 Å². The summed E-state index contributed by atoms with van der Waals surface area (Å²) < 4.78 is 0. The zero-order chi connectivity index (χ0) is 12.3. The molecule has 16 heavy (non-hydrogen) atoms. The van der Waals surface area contributed by atoms with E-state index in [0.29, 0.717) is 18.4 Å². The molecule has 1 heterocycles. The largest absolute Gasteiger partial charge is 0.298 e. The third kappa shape index (κ3) is 3.56. The van der Waals surface area contributed by atoms with Crippen LogP contribution in [-0.2, 0) is 4.79 Å². The molecule has 3 heteroatoms. The minimum absolute atomic E-state index is 0.203. The van der Waals surface area contributed by atoms with Crippen LogP contribution in [0.1, 0.15) is 34.6 Å². The fourth-order valence-electron chi connectivity index (χ4n) is 2.12. The number of carbonyl (C=O) groups is 1. The number of hydrogen-bond acceptors (Lipinski definition) is 3. The zero-order valence-electron chi connectivity index (χ0n) is 11.4. The smallest absolute Gasteiger partial charge is 0.152 e. The second-order valence-electron chi connectivity index (χ2n) is 5.89. The van der Waals surface area contributed by atoms with Crippen LogP contribution in [0.4, 0.5) is 0 Å². The van der Waals surface area contributed by atoms with E-state index in [-0.39, 0.29) is 5.41 Å². The van der Waals surface area contributed by atoms with Gasteiger partial charge >= 0.3 is 0 Å². The second kappa shape index (κ2) is 5.28. The highest BCUT2D eigenvalue weighted by Gasteiger charge is 2.27. The lowest BCUT2D eigenvalue weighted by atomic mass is 9.90. The second-order valence-corrected chi connectivity index (χ2v) is 5.89. The molecule has 0 amide bonds. The molecule has 0 aliphatic carbocycles. The van der Waals surface area contributed by atoms with Crippen molar-refractivity contribution in [3.63, 3.8) is 0 Å². The number of ketones is 1. The molecule has 0 aromatic rings. The first-order chi connectivity index (χ1) is 7.34. The lowest BCUT2D eigenvalue weighted by Crippen LogP contribution is -2.53. The predicted octanol–water partition coefficient (Wildman–Crippen LogP) is 1.63. The molecular formula is C13H26N2O. The first kappa shape index (κ1) is 13.7. The molecule has 1 atom stereocenters. The number of Topliss-reactive ketones (excluding diaryl/α,β-unsaturated/α-hetero) is 1. The molecule has 0 spiro atoms. The number of carbonyl (C=O) groups excluding carboxylic acids is 1. The number of hydrogen-bond donors (Lipinski definition) is 0. The number of rotatable bonds is 3. The number of likely N-dealkylation sites (N-methyl/N-ethyl adjacent to an activating group) is 1. The standard InChI is InChI=1S/C13H26N2O/c1-6-15-8-7-14(9-11(15)2)10-12(16)13(3,4)5/h11H,6-10H2,1-5H3. The summed E-state index contributed by atoms with van der Waals surface area (Å²) in [5.74, 6) is 0.352. The molecule has 1 rings (SSSR count). The van der Waals surface area contributed by atoms with Crippen LogP contribution in [0.3, 0.4) is 0 Å². The van der Waals surface area contributed by atoms with E-state index in [1.165, 1.54) is 0 Å². The van der Waals surface area contributed by atoms with Crippen molar-refractivity contribution in [3.8, 4) is 0 Å². The Labute approximate surface area is 99.8 Å². The van der Waals surface area contributed by atoms with Gasteiger partial charge in [-0.1, -0.05) is 27.7 Å². The number of nitrogens with zero attached hydrogens (tertiary/aromatic N) is 2. The fourth-order valence-corrected chi connectivity index (χ4v) is 2.12. The van der Waals surface area contributed by atoms with Gasteiger partial charge in [0.15, 0.2) is 5.78 Å². The highest BCUT2D eigenvalue weighted by molar-refractivity contribution is 5.85. The van der Waals surface area contributed by atoms with Crippen molar-refractivity contribution in [2.24, 2.45) is 5.41 Å². The van der Waals surface area contributed by atoms with Crippen LogP contribution in [0, 0.1) is 5.41 Å². The molecule has 1 saturated heterocycles. The van der Waals surface area contributed by atoms with Gasteiger partial charge in [0.1, 0.15) is 0 Å². The van der Waals surface area contributed by atoms with Crippen LogP contribution >= 0.6 is 0 Å². The van der Waals surface area contributed by atoms with E-state index in [4.69, 9.17) is 0 Å². The van der Waals surface area contributed by atoms with Gasteiger partial charge in [0.25, 0.3) is 0 Å². The summed E-state index contributed by atoms with van der Waals surface area (Å²) in [5, 5.41) is 0. The summed E-state index contributed by atoms with van der Waals surface area (Å²) in [6, 6.07) is 0.575. The maximum atomic E-state index is 11.9. The molecule has 1 fully saturated rings. The zero-order valence-corrected chi connectivity index (χ0v) is 11.4. The Morgan fingerprint density at radius 1 is 1.31 bits per heavy atom. The molecule has 0 radical (unpaired) electrons. The van der Waals surface area contributed by atoms with Gasteiger partial charge in [0.05, 0.1) is 6.54 Å². The molecule has 1 aliphatic heterocycles. The highest BCUT2D eigenvalue weighted by Crippen LogP contribution is 2.16. The third-order valence-electron chi connectivity index (χ3n) is 3.46. The van der Waals surface area contributed by atoms with Gasteiger partial charge in [0.2, 0.25) is 0 Å². The third-order valence-corrected chi connectivity index (χ3v) is 3.46. The van der Waals surface area contributed by atoms with Crippen LogP contribution in [0.15, 0.2) is 0 Å². The van der Waals surface area contributed by atoms with Crippen molar-refractivity contribution in [3.05, 3.63) is 0 Å². The van der Waals surface area contributed by atoms with Crippen molar-refractivity contribution in [2.75, 3.05) is 32.7 Å². The average molecular weight is 226 g/mol. The van der Waals surface area contributed by atoms with Crippen LogP contribution in [0.2, 0.25) is 0 Å². The minimum atomic E-state index is -0.203. The van der Waals surface area contributed by atoms with Crippen LogP contribution in [0.5, 0.6) is 0 Å². The van der Waals surface area contributed by atoms with E-state index in [2.05, 4.69) is 23.6 Å². The summed E-state index contributed by atoms with van der Waals surface area (Å²) in [6.07, 6.45) is 0. The Balaban J connectivity index is 2.44. The monoisotopic (exact) mass is 226 g/mol. The SMILES string of the molecule is CCN1CCN(CC(=O)C(C)(C)C)CC1C. The molecule has 0 aromatic carbocycles. The lowest BCUT2D eigenvalue weighted by molar-refractivity contribution is -0.128. The maximum absolute atomic E-state index is 11.9. The number of piperazine rings is 1. The summed E-state index contributed by atoms with van der Waals surface area (Å²) in [7, 11) is 0. The van der Waals surface area contributed by atoms with Crippen molar-refractivity contribution in [1.82, 2.24) is 9.80 Å². The maximum Gasteiger partial charge on any atom is 0.152 e. The van der Waals surface area contributed by atoms with Crippen molar-refractivity contribution >= 4 is 5.78 Å². The van der Waals surface area contributed by atoms with E-state index in [9.17, 15) is 4.79 Å². The first-order valence-corrected chi connectivity index (χ1v) is 6.34. The van der Waals surface area contributed by atoms with Crippen molar-refractivity contribution in [2.45, 2.75) is 40.7 Å². The molecule has 3 nitrogen and oxygen atoms in total. The topological polar surface area (TPSA) is 23.6 Å². The fraction of sp³-hybridized carbons (Fsp3) is 0.923. The molecule has 94 valence electrons. The highest BCUT2D eigenvalue weighted by atomic mass is 16.1. The van der Waals surface area contributed by atoms with Gasteiger partial charge in [-0.2, -0.15) is 0 Å². The molecule has 1 unspecified atom stereocenters. The van der Waals surface area contributed by atoms with Crippen LogP contribution in [0.25, 0.3) is 0 Å². The van der Waals surface area contributed by atoms with E-state index >= 15 is 0 Å². The van der Waals surface area contributed by atoms with E-state index in [0.717, 1.165) is 26.2 Å². The van der Waals surface area contributed by atoms with Crippen LogP contribution < -0.4 is 0 Å². The Bertz CT molecular complexity index is 245. The Hall–Kier alpha value is -0.410. The Morgan fingerprint density at radius 3 is 2.38 bits per heavy atom. The minimum Gasteiger partial charge on any atom is -0.298 e. The molecule has 1 aliphatic rings. The quantitative estimate of drug-likeness (QED) is 0.731. The van der Waals surface area contributed by atoms with Gasteiger partial charge in [0, 0.05) is 31.1 Å². The summed E-state index contributed by atoms with van der Waals surface area (Å²) in [4.78, 5) is 16.7. The van der Waals surface area contributed by atoms with Gasteiger partial charge in [-0.05, 0) is 13.5 Å². The molecule has 0 bridgehead atoms. The van der Waals surface area contributed by atoms with Gasteiger partial charge in [-0.15, -0.1) is 0 Å². The molecule has 0 N–H and O–H groups in total. The first-order valence-electron chi connectivity index (χ1n) is 6.34.